The van der Waals surface area contributed by atoms with Crippen molar-refractivity contribution in [1.29, 1.82) is 0 Å². The summed E-state index contributed by atoms with van der Waals surface area (Å²) >= 11 is 0. The Balaban J connectivity index is 1.85. The Morgan fingerprint density at radius 1 is 1.26 bits per heavy atom. The highest BCUT2D eigenvalue weighted by molar-refractivity contribution is 5.97. The summed E-state index contributed by atoms with van der Waals surface area (Å²) in [7, 11) is 1.61. The zero-order valence-corrected chi connectivity index (χ0v) is 12.7. The highest BCUT2D eigenvalue weighted by atomic mass is 16.5. The van der Waals surface area contributed by atoms with Crippen molar-refractivity contribution in [3.05, 3.63) is 59.7 Å². The molecule has 6 heteroatoms. The van der Waals surface area contributed by atoms with Crippen molar-refractivity contribution in [3.8, 4) is 5.75 Å². The molecule has 0 saturated carbocycles. The van der Waals surface area contributed by atoms with Crippen LogP contribution in [0.15, 0.2) is 53.5 Å². The Morgan fingerprint density at radius 3 is 2.78 bits per heavy atom. The molecule has 23 heavy (non-hydrogen) atoms. The first kappa shape index (κ1) is 14.9. The van der Waals surface area contributed by atoms with Crippen molar-refractivity contribution in [1.82, 2.24) is 0 Å². The van der Waals surface area contributed by atoms with Crippen LogP contribution in [0.2, 0.25) is 0 Å². The minimum atomic E-state index is -0.844. The first-order valence-corrected chi connectivity index (χ1v) is 7.17. The van der Waals surface area contributed by atoms with E-state index in [1.54, 1.807) is 13.2 Å². The number of hydrogen-bond donors (Lipinski definition) is 2. The van der Waals surface area contributed by atoms with Crippen LogP contribution in [0.3, 0.4) is 0 Å². The van der Waals surface area contributed by atoms with Gasteiger partial charge in [0.25, 0.3) is 11.9 Å². The summed E-state index contributed by atoms with van der Waals surface area (Å²) in [5, 5.41) is 3.07. The second-order valence-corrected chi connectivity index (χ2v) is 5.05. The van der Waals surface area contributed by atoms with Gasteiger partial charge in [0.1, 0.15) is 5.75 Å². The van der Waals surface area contributed by atoms with Crippen LogP contribution in [-0.2, 0) is 16.1 Å². The molecule has 3 N–H and O–H groups in total. The SMILES string of the molecule is COc1ccccc1CN=C1Nc2ccccc2C(C(N)=O)O1. The summed E-state index contributed by atoms with van der Waals surface area (Å²) in [5.74, 6) is 0.198. The summed E-state index contributed by atoms with van der Waals surface area (Å²) in [6.07, 6.45) is -0.844. The molecule has 1 amide bonds. The molecule has 1 unspecified atom stereocenters. The molecule has 1 heterocycles. The van der Waals surface area contributed by atoms with Gasteiger partial charge in [-0.15, -0.1) is 0 Å². The third-order valence-electron chi connectivity index (χ3n) is 3.56. The van der Waals surface area contributed by atoms with Crippen LogP contribution in [0.5, 0.6) is 5.75 Å². The van der Waals surface area contributed by atoms with E-state index in [9.17, 15) is 4.79 Å². The fourth-order valence-corrected chi connectivity index (χ4v) is 2.44. The lowest BCUT2D eigenvalue weighted by Gasteiger charge is -2.26. The van der Waals surface area contributed by atoms with Crippen molar-refractivity contribution in [3.63, 3.8) is 0 Å². The zero-order valence-electron chi connectivity index (χ0n) is 12.7. The summed E-state index contributed by atoms with van der Waals surface area (Å²) in [5.41, 5.74) is 7.82. The van der Waals surface area contributed by atoms with E-state index in [2.05, 4.69) is 10.3 Å². The average molecular weight is 311 g/mol. The number of para-hydroxylation sites is 2. The van der Waals surface area contributed by atoms with Crippen molar-refractivity contribution in [2.24, 2.45) is 10.7 Å². The number of amides is 1. The molecule has 0 aromatic heterocycles. The first-order valence-electron chi connectivity index (χ1n) is 7.17. The van der Waals surface area contributed by atoms with Crippen LogP contribution in [0.1, 0.15) is 17.2 Å². The maximum absolute atomic E-state index is 11.6. The third kappa shape index (κ3) is 3.11. The normalized spacial score (nSPS) is 17.8. The van der Waals surface area contributed by atoms with Crippen molar-refractivity contribution < 1.29 is 14.3 Å². The number of primary amides is 1. The van der Waals surface area contributed by atoms with Gasteiger partial charge >= 0.3 is 0 Å². The van der Waals surface area contributed by atoms with E-state index in [0.29, 0.717) is 12.1 Å². The fourth-order valence-electron chi connectivity index (χ4n) is 2.44. The molecule has 1 aliphatic heterocycles. The molecule has 0 bridgehead atoms. The highest BCUT2D eigenvalue weighted by Crippen LogP contribution is 2.30. The van der Waals surface area contributed by atoms with Crippen LogP contribution < -0.4 is 15.8 Å². The molecule has 0 fully saturated rings. The molecule has 0 spiro atoms. The summed E-state index contributed by atoms with van der Waals surface area (Å²) in [6.45, 7) is 0.361. The predicted octanol–water partition coefficient (Wildman–Crippen LogP) is 2.22. The zero-order chi connectivity index (χ0) is 16.2. The summed E-state index contributed by atoms with van der Waals surface area (Å²) < 4.78 is 10.9. The number of rotatable bonds is 4. The third-order valence-corrected chi connectivity index (χ3v) is 3.56. The van der Waals surface area contributed by atoms with Gasteiger partial charge in [-0.25, -0.2) is 4.99 Å². The Hall–Kier alpha value is -3.02. The molecule has 2 aromatic carbocycles. The molecule has 118 valence electrons. The van der Waals surface area contributed by atoms with Crippen LogP contribution >= 0.6 is 0 Å². The van der Waals surface area contributed by atoms with Gasteiger partial charge in [0, 0.05) is 16.8 Å². The maximum atomic E-state index is 11.6. The molecular weight excluding hydrogens is 294 g/mol. The van der Waals surface area contributed by atoms with Crippen LogP contribution in [0.25, 0.3) is 0 Å². The highest BCUT2D eigenvalue weighted by Gasteiger charge is 2.29. The largest absolute Gasteiger partial charge is 0.496 e. The van der Waals surface area contributed by atoms with Gasteiger partial charge in [-0.3, -0.25) is 4.79 Å². The molecule has 3 rings (SSSR count). The lowest BCUT2D eigenvalue weighted by atomic mass is 10.1. The minimum absolute atomic E-state index is 0.262. The number of benzene rings is 2. The molecule has 0 aliphatic carbocycles. The molecule has 0 radical (unpaired) electrons. The smallest absolute Gasteiger partial charge is 0.290 e. The fraction of sp³-hybridized carbons (Fsp3) is 0.176. The molecular formula is C17H17N3O3. The predicted molar refractivity (Wildman–Crippen MR) is 87.2 cm³/mol. The van der Waals surface area contributed by atoms with Gasteiger partial charge in [0.15, 0.2) is 0 Å². The number of anilines is 1. The molecule has 1 aliphatic rings. The number of methoxy groups -OCH3 is 1. The van der Waals surface area contributed by atoms with E-state index in [4.69, 9.17) is 15.2 Å². The number of nitrogens with zero attached hydrogens (tertiary/aromatic N) is 1. The number of aliphatic imine (C=N–C) groups is 1. The topological polar surface area (TPSA) is 85.9 Å². The monoisotopic (exact) mass is 311 g/mol. The number of fused-ring (bicyclic) bond motifs is 1. The Bertz CT molecular complexity index is 758. The van der Waals surface area contributed by atoms with E-state index in [0.717, 1.165) is 17.0 Å². The van der Waals surface area contributed by atoms with Crippen LogP contribution in [-0.4, -0.2) is 19.0 Å². The standard InChI is InChI=1S/C17H17N3O3/c1-22-14-9-5-2-6-11(14)10-19-17-20-13-8-4-3-7-12(13)15(23-17)16(18)21/h2-9,15H,10H2,1H3,(H2,18,21)(H,19,20). The number of carbonyl (C=O) groups excluding carboxylic acids is 1. The summed E-state index contributed by atoms with van der Waals surface area (Å²) in [4.78, 5) is 16.0. The minimum Gasteiger partial charge on any atom is -0.496 e. The Morgan fingerprint density at radius 2 is 2.00 bits per heavy atom. The van der Waals surface area contributed by atoms with Crippen LogP contribution in [0.4, 0.5) is 5.69 Å². The number of hydrogen-bond acceptors (Lipinski definition) is 4. The maximum Gasteiger partial charge on any atom is 0.290 e. The van der Waals surface area contributed by atoms with Gasteiger partial charge in [0.2, 0.25) is 6.10 Å². The van der Waals surface area contributed by atoms with Gasteiger partial charge in [-0.05, 0) is 12.1 Å². The number of ether oxygens (including phenoxy) is 2. The van der Waals surface area contributed by atoms with Crippen molar-refractivity contribution >= 4 is 17.6 Å². The second kappa shape index (κ2) is 6.39. The number of carbonyl (C=O) groups is 1. The Labute approximate surface area is 133 Å². The van der Waals surface area contributed by atoms with E-state index < -0.39 is 12.0 Å². The number of amidine groups is 1. The van der Waals surface area contributed by atoms with E-state index in [-0.39, 0.29) is 6.02 Å². The number of nitrogens with one attached hydrogen (secondary N) is 1. The van der Waals surface area contributed by atoms with Crippen molar-refractivity contribution in [2.75, 3.05) is 12.4 Å². The lowest BCUT2D eigenvalue weighted by Crippen LogP contribution is -2.33. The second-order valence-electron chi connectivity index (χ2n) is 5.05. The quantitative estimate of drug-likeness (QED) is 0.906. The van der Waals surface area contributed by atoms with Gasteiger partial charge in [0.05, 0.1) is 13.7 Å². The average Bonchev–Trinajstić information content (AvgIpc) is 2.59. The molecule has 6 nitrogen and oxygen atoms in total. The number of nitrogens with two attached hydrogens (primary N) is 1. The van der Waals surface area contributed by atoms with E-state index in [1.807, 2.05) is 42.5 Å². The van der Waals surface area contributed by atoms with Gasteiger partial charge < -0.3 is 20.5 Å². The van der Waals surface area contributed by atoms with Gasteiger partial charge in [-0.2, -0.15) is 0 Å². The molecule has 1 atom stereocenters. The van der Waals surface area contributed by atoms with E-state index >= 15 is 0 Å². The Kier molecular flexibility index (Phi) is 4.14. The van der Waals surface area contributed by atoms with Gasteiger partial charge in [-0.1, -0.05) is 36.4 Å². The van der Waals surface area contributed by atoms with Crippen LogP contribution in [0, 0.1) is 0 Å². The summed E-state index contributed by atoms with van der Waals surface area (Å²) in [6, 6.07) is 15.2. The molecule has 2 aromatic rings. The van der Waals surface area contributed by atoms with Crippen molar-refractivity contribution in [2.45, 2.75) is 12.6 Å². The lowest BCUT2D eigenvalue weighted by molar-refractivity contribution is -0.125. The molecule has 0 saturated heterocycles. The first-order chi connectivity index (χ1) is 11.2. The van der Waals surface area contributed by atoms with E-state index in [1.165, 1.54) is 0 Å².